The predicted molar refractivity (Wildman–Crippen MR) is 215 cm³/mol. The van der Waals surface area contributed by atoms with E-state index in [1.54, 1.807) is 18.2 Å². The topological polar surface area (TPSA) is 123 Å². The number of benzene rings is 4. The van der Waals surface area contributed by atoms with Crippen molar-refractivity contribution in [1.82, 2.24) is 4.90 Å². The summed E-state index contributed by atoms with van der Waals surface area (Å²) in [5.41, 5.74) is -5.26. The highest BCUT2D eigenvalue weighted by Crippen LogP contribution is 2.39. The Balaban J connectivity index is 0.000000298. The normalized spacial score (nSPS) is 15.1. The molecule has 19 heteroatoms. The third kappa shape index (κ3) is 14.2. The number of carbonyl (C=O) groups is 2. The lowest BCUT2D eigenvalue weighted by Gasteiger charge is -2.27. The minimum atomic E-state index is -4.82. The van der Waals surface area contributed by atoms with Crippen LogP contribution in [0.5, 0.6) is 0 Å². The molecule has 318 valence electrons. The van der Waals surface area contributed by atoms with E-state index in [0.717, 1.165) is 68.4 Å². The maximum absolute atomic E-state index is 12.8. The van der Waals surface area contributed by atoms with Gasteiger partial charge in [0.2, 0.25) is 0 Å². The Morgan fingerprint density at radius 3 is 1.45 bits per heavy atom. The Kier molecular flexibility index (Phi) is 18.6. The summed E-state index contributed by atoms with van der Waals surface area (Å²) >= 11 is 23.1. The highest BCUT2D eigenvalue weighted by Gasteiger charge is 2.52. The molecule has 0 spiro atoms. The van der Waals surface area contributed by atoms with Gasteiger partial charge in [-0.05, 0) is 92.7 Å². The van der Waals surface area contributed by atoms with Gasteiger partial charge in [0.15, 0.2) is 11.2 Å². The van der Waals surface area contributed by atoms with Crippen LogP contribution in [-0.4, -0.2) is 91.9 Å². The monoisotopic (exact) mass is 901 g/mol. The molecular weight excluding hydrogens is 862 g/mol. The molecule has 4 N–H and O–H groups in total. The lowest BCUT2D eigenvalue weighted by Crippen LogP contribution is -2.39. The Hall–Kier alpha value is -3.80. The van der Waals surface area contributed by atoms with Crippen molar-refractivity contribution in [2.75, 3.05) is 57.7 Å². The van der Waals surface area contributed by atoms with Crippen LogP contribution in [0.1, 0.15) is 45.7 Å². The molecule has 1 saturated heterocycles. The molecule has 2 unspecified atom stereocenters. The fourth-order valence-electron chi connectivity index (χ4n) is 4.51. The molecule has 1 aliphatic heterocycles. The lowest BCUT2D eigenvalue weighted by atomic mass is 9.94. The number of carboxylic acids is 1. The number of nitrogens with zero attached hydrogens (tertiary/aromatic N) is 2. The number of likely N-dealkylation sites (N-methyl/N-ethyl adjacent to an activating group) is 1. The summed E-state index contributed by atoms with van der Waals surface area (Å²) in [5.74, 6) is -1.69. The predicted octanol–water partition coefficient (Wildman–Crippen LogP) is 10.2. The Morgan fingerprint density at radius 1 is 0.690 bits per heavy atom. The molecule has 0 saturated carbocycles. The van der Waals surface area contributed by atoms with E-state index >= 15 is 0 Å². The van der Waals surface area contributed by atoms with Crippen LogP contribution < -0.4 is 10.2 Å². The van der Waals surface area contributed by atoms with E-state index in [0.29, 0.717) is 34.6 Å². The van der Waals surface area contributed by atoms with Crippen LogP contribution in [0.3, 0.4) is 0 Å². The molecule has 1 heterocycles. The summed E-state index contributed by atoms with van der Waals surface area (Å²) in [6.45, 7) is 5.29. The maximum Gasteiger partial charge on any atom is 0.421 e. The number of aromatic carboxylic acids is 1. The molecule has 58 heavy (non-hydrogen) atoms. The van der Waals surface area contributed by atoms with Crippen LogP contribution in [0.15, 0.2) is 84.9 Å². The molecule has 0 radical (unpaired) electrons. The van der Waals surface area contributed by atoms with Crippen LogP contribution in [0.25, 0.3) is 0 Å². The molecule has 0 aliphatic carbocycles. The van der Waals surface area contributed by atoms with Crippen molar-refractivity contribution in [3.8, 4) is 0 Å². The van der Waals surface area contributed by atoms with E-state index in [1.165, 1.54) is 36.2 Å². The van der Waals surface area contributed by atoms with Crippen molar-refractivity contribution in [1.29, 1.82) is 0 Å². The van der Waals surface area contributed by atoms with Gasteiger partial charge in [0.25, 0.3) is 5.91 Å². The van der Waals surface area contributed by atoms with Gasteiger partial charge in [-0.2, -0.15) is 26.3 Å². The number of ether oxygens (including phenoxy) is 1. The van der Waals surface area contributed by atoms with E-state index in [4.69, 9.17) is 56.2 Å². The first-order valence-corrected chi connectivity index (χ1v) is 18.4. The van der Waals surface area contributed by atoms with Crippen LogP contribution in [0.4, 0.5) is 37.7 Å². The zero-order chi connectivity index (χ0) is 44.2. The number of morpholine rings is 1. The minimum absolute atomic E-state index is 0.137. The number of nitrogens with one attached hydrogen (secondary N) is 1. The van der Waals surface area contributed by atoms with Crippen molar-refractivity contribution < 1.29 is 56.0 Å². The molecule has 4 aromatic carbocycles. The van der Waals surface area contributed by atoms with E-state index in [-0.39, 0.29) is 21.7 Å². The van der Waals surface area contributed by atoms with E-state index in [9.17, 15) is 46.1 Å². The third-order valence-corrected chi connectivity index (χ3v) is 10.0. The number of halogens is 10. The Labute approximate surface area is 351 Å². The van der Waals surface area contributed by atoms with Gasteiger partial charge in [-0.15, -0.1) is 0 Å². The zero-order valence-electron chi connectivity index (χ0n) is 31.7. The van der Waals surface area contributed by atoms with E-state index < -0.39 is 41.0 Å². The summed E-state index contributed by atoms with van der Waals surface area (Å²) in [5, 5.41) is 32.2. The zero-order valence-corrected chi connectivity index (χ0v) is 34.7. The number of anilines is 2. The van der Waals surface area contributed by atoms with Gasteiger partial charge >= 0.3 is 18.3 Å². The van der Waals surface area contributed by atoms with Crippen LogP contribution in [-0.2, 0) is 15.9 Å². The van der Waals surface area contributed by atoms with Crippen molar-refractivity contribution >= 4 is 69.7 Å². The van der Waals surface area contributed by atoms with Gasteiger partial charge in [0, 0.05) is 44.1 Å². The Morgan fingerprint density at radius 2 is 1.10 bits per heavy atom. The van der Waals surface area contributed by atoms with Crippen molar-refractivity contribution in [2.24, 2.45) is 0 Å². The number of aliphatic hydroxyl groups is 2. The molecule has 1 fully saturated rings. The average Bonchev–Trinajstić information content (AvgIpc) is 3.16. The van der Waals surface area contributed by atoms with Gasteiger partial charge in [0.05, 0.1) is 38.9 Å². The minimum Gasteiger partial charge on any atom is -0.478 e. The standard InChI is InChI=1S/C17H14Cl2F3NO2.C10H9F3O3.C7H7Cl2N.C5H11NO/c1-16(25,17(20,21)22)11-5-3-10(4-6-11)15(24)23(2)12-7-8-13(18)14(19)9-12;1-9(16,10(11,12)13)7-4-2-6(3-5-7)8(14)15;1-10-5-2-3-6(8)7(9)4-5;1-6-2-4-7-5-3-6/h3-9,25H,1-2H3;2-5,16H,1H3,(H,14,15);2-4,10H,1H3;2-5H2,1H3. The quantitative estimate of drug-likeness (QED) is 0.141. The first-order chi connectivity index (χ1) is 26.7. The SMILES string of the molecule is CC(O)(c1ccc(C(=O)O)cc1)C(F)(F)F.CN(C(=O)c1ccc(C(C)(O)C(F)(F)F)cc1)c1ccc(Cl)c(Cl)c1.CN1CCOCC1.CNc1ccc(Cl)c(Cl)c1. The van der Waals surface area contributed by atoms with Crippen molar-refractivity contribution in [3.05, 3.63) is 127 Å². The largest absolute Gasteiger partial charge is 0.478 e. The molecule has 0 bridgehead atoms. The number of rotatable bonds is 6. The molecular formula is C39H41Cl4F6N3O6. The first kappa shape index (κ1) is 50.3. The first-order valence-electron chi connectivity index (χ1n) is 16.9. The maximum atomic E-state index is 12.8. The van der Waals surface area contributed by atoms with Crippen LogP contribution in [0.2, 0.25) is 20.1 Å². The third-order valence-electron chi connectivity index (χ3n) is 8.53. The van der Waals surface area contributed by atoms with Gasteiger partial charge in [0.1, 0.15) is 0 Å². The van der Waals surface area contributed by atoms with Gasteiger partial charge in [-0.3, -0.25) is 4.79 Å². The second kappa shape index (κ2) is 21.5. The number of amides is 1. The average molecular weight is 904 g/mol. The van der Waals surface area contributed by atoms with E-state index in [1.807, 2.05) is 13.1 Å². The Bertz CT molecular complexity index is 1960. The molecule has 1 aliphatic rings. The van der Waals surface area contributed by atoms with Crippen molar-refractivity contribution in [2.45, 2.75) is 37.4 Å². The summed E-state index contributed by atoms with van der Waals surface area (Å²) in [6, 6.07) is 18.5. The molecule has 5 rings (SSSR count). The molecule has 2 atom stereocenters. The fraction of sp³-hybridized carbons (Fsp3) is 0.333. The number of carboxylic acid groups (broad SMARTS) is 1. The molecule has 4 aromatic rings. The van der Waals surface area contributed by atoms with Crippen LogP contribution in [0, 0.1) is 0 Å². The van der Waals surface area contributed by atoms with Gasteiger partial charge < -0.3 is 35.2 Å². The summed E-state index contributed by atoms with van der Waals surface area (Å²) < 4.78 is 80.9. The van der Waals surface area contributed by atoms with Gasteiger partial charge in [-0.1, -0.05) is 70.7 Å². The fourth-order valence-corrected chi connectivity index (χ4v) is 5.10. The number of carbonyl (C=O) groups excluding carboxylic acids is 1. The lowest BCUT2D eigenvalue weighted by molar-refractivity contribution is -0.259. The summed E-state index contributed by atoms with van der Waals surface area (Å²) in [7, 11) is 5.45. The smallest absolute Gasteiger partial charge is 0.421 e. The molecule has 0 aromatic heterocycles. The number of hydrogen-bond acceptors (Lipinski definition) is 7. The summed E-state index contributed by atoms with van der Waals surface area (Å²) in [6.07, 6.45) is -9.63. The highest BCUT2D eigenvalue weighted by molar-refractivity contribution is 6.42. The van der Waals surface area contributed by atoms with Crippen LogP contribution >= 0.6 is 46.4 Å². The number of hydrogen-bond donors (Lipinski definition) is 4. The van der Waals surface area contributed by atoms with E-state index in [2.05, 4.69) is 17.3 Å². The van der Waals surface area contributed by atoms with Gasteiger partial charge in [-0.25, -0.2) is 4.79 Å². The highest BCUT2D eigenvalue weighted by atomic mass is 35.5. The number of alkyl halides is 6. The second-order valence-corrected chi connectivity index (χ2v) is 14.5. The molecule has 9 nitrogen and oxygen atoms in total. The molecule has 1 amide bonds. The summed E-state index contributed by atoms with van der Waals surface area (Å²) in [4.78, 5) is 26.5. The van der Waals surface area contributed by atoms with Crippen molar-refractivity contribution in [3.63, 3.8) is 0 Å². The second-order valence-electron chi connectivity index (χ2n) is 12.9.